The molecule has 1 saturated heterocycles. The number of nitrogens with one attached hydrogen (secondary N) is 2. The number of fused-ring (bicyclic) bond motifs is 1. The van der Waals surface area contributed by atoms with E-state index in [0.29, 0.717) is 17.1 Å². The minimum atomic E-state index is -0.152. The molecule has 158 valence electrons. The van der Waals surface area contributed by atoms with Gasteiger partial charge in [-0.25, -0.2) is 4.98 Å². The Balaban J connectivity index is 1.33. The van der Waals surface area contributed by atoms with Gasteiger partial charge < -0.3 is 26.4 Å². The third kappa shape index (κ3) is 4.40. The van der Waals surface area contributed by atoms with Crippen molar-refractivity contribution in [2.45, 2.75) is 19.4 Å². The number of rotatable bonds is 6. The quantitative estimate of drug-likeness (QED) is 0.481. The molecule has 0 spiro atoms. The number of carbonyl (C=O) groups excluding carboxylic acids is 1. The molecule has 3 heterocycles. The maximum absolute atomic E-state index is 12.6. The summed E-state index contributed by atoms with van der Waals surface area (Å²) in [5, 5.41) is 16.5. The largest absolute Gasteiger partial charge is 0.397 e. The van der Waals surface area contributed by atoms with Gasteiger partial charge in [0, 0.05) is 49.0 Å². The molecule has 1 amide bonds. The van der Waals surface area contributed by atoms with Crippen molar-refractivity contribution in [3.05, 3.63) is 52.5 Å². The Hall–Kier alpha value is -2.68. The highest BCUT2D eigenvalue weighted by molar-refractivity contribution is 7.21. The molecule has 1 atom stereocenters. The van der Waals surface area contributed by atoms with Crippen molar-refractivity contribution in [2.75, 3.05) is 43.4 Å². The Morgan fingerprint density at radius 2 is 2.13 bits per heavy atom. The number of aryl methyl sites for hydroxylation is 1. The lowest BCUT2D eigenvalue weighted by Crippen LogP contribution is -2.52. The Bertz CT molecular complexity index is 1030. The molecule has 8 heteroatoms. The van der Waals surface area contributed by atoms with E-state index in [4.69, 9.17) is 5.73 Å². The van der Waals surface area contributed by atoms with Gasteiger partial charge in [-0.05, 0) is 43.2 Å². The molecular weight excluding hydrogens is 398 g/mol. The van der Waals surface area contributed by atoms with E-state index in [1.807, 2.05) is 19.1 Å². The number of amides is 1. The molecule has 1 aromatic carbocycles. The second-order valence-corrected chi connectivity index (χ2v) is 8.60. The fraction of sp³-hybridized carbons (Fsp3) is 0.364. The van der Waals surface area contributed by atoms with E-state index in [2.05, 4.69) is 44.8 Å². The number of hydrogen-bond donors (Lipinski definition) is 4. The molecule has 4 rings (SSSR count). The lowest BCUT2D eigenvalue weighted by Gasteiger charge is -2.34. The van der Waals surface area contributed by atoms with Crippen molar-refractivity contribution < 1.29 is 9.90 Å². The third-order valence-corrected chi connectivity index (χ3v) is 6.53. The standard InChI is InChI=1S/C22H27N5O2S/c1-14-2-7-18-19(23)20(30-22(18)26-14)21(29)25-9-8-15-3-5-17(6-4-15)27-11-10-24-16(12-27)13-28/h2-7,16,24,28H,8-13,23H2,1H3,(H,25,29)/t16-/m1/s1. The van der Waals surface area contributed by atoms with Gasteiger partial charge in [0.05, 0.1) is 12.3 Å². The molecule has 0 aliphatic carbocycles. The number of nitrogens with zero attached hydrogens (tertiary/aromatic N) is 2. The van der Waals surface area contributed by atoms with Gasteiger partial charge in [-0.15, -0.1) is 11.3 Å². The predicted molar refractivity (Wildman–Crippen MR) is 122 cm³/mol. The summed E-state index contributed by atoms with van der Waals surface area (Å²) in [7, 11) is 0. The Kier molecular flexibility index (Phi) is 6.17. The Morgan fingerprint density at radius 1 is 1.33 bits per heavy atom. The van der Waals surface area contributed by atoms with Crippen LogP contribution < -0.4 is 21.3 Å². The van der Waals surface area contributed by atoms with E-state index >= 15 is 0 Å². The Morgan fingerprint density at radius 3 is 2.90 bits per heavy atom. The van der Waals surface area contributed by atoms with Crippen molar-refractivity contribution in [3.8, 4) is 0 Å². The first-order valence-electron chi connectivity index (χ1n) is 10.2. The molecule has 1 aliphatic heterocycles. The molecular formula is C22H27N5O2S. The van der Waals surface area contributed by atoms with Crippen LogP contribution in [0.1, 0.15) is 20.9 Å². The summed E-state index contributed by atoms with van der Waals surface area (Å²) < 4.78 is 0. The van der Waals surface area contributed by atoms with Crippen LogP contribution in [0.3, 0.4) is 0 Å². The van der Waals surface area contributed by atoms with Crippen LogP contribution in [0.5, 0.6) is 0 Å². The van der Waals surface area contributed by atoms with Gasteiger partial charge in [-0.2, -0.15) is 0 Å². The van der Waals surface area contributed by atoms with Gasteiger partial charge in [-0.1, -0.05) is 12.1 Å². The maximum Gasteiger partial charge on any atom is 0.263 e. The van der Waals surface area contributed by atoms with E-state index in [-0.39, 0.29) is 18.6 Å². The topological polar surface area (TPSA) is 104 Å². The first-order chi connectivity index (χ1) is 14.5. The van der Waals surface area contributed by atoms with Crippen LogP contribution in [0.15, 0.2) is 36.4 Å². The van der Waals surface area contributed by atoms with Gasteiger partial charge in [0.1, 0.15) is 9.71 Å². The lowest BCUT2D eigenvalue weighted by molar-refractivity contribution is 0.0959. The number of pyridine rings is 1. The number of aliphatic hydroxyl groups is 1. The maximum atomic E-state index is 12.6. The minimum absolute atomic E-state index is 0.120. The highest BCUT2D eigenvalue weighted by Crippen LogP contribution is 2.32. The van der Waals surface area contributed by atoms with Crippen LogP contribution >= 0.6 is 11.3 Å². The lowest BCUT2D eigenvalue weighted by atomic mass is 10.1. The molecule has 0 radical (unpaired) electrons. The molecule has 30 heavy (non-hydrogen) atoms. The monoisotopic (exact) mass is 425 g/mol. The summed E-state index contributed by atoms with van der Waals surface area (Å²) >= 11 is 1.34. The smallest absolute Gasteiger partial charge is 0.263 e. The Labute approximate surface area is 179 Å². The molecule has 5 N–H and O–H groups in total. The number of anilines is 2. The average molecular weight is 426 g/mol. The second-order valence-electron chi connectivity index (χ2n) is 7.60. The van der Waals surface area contributed by atoms with Crippen molar-refractivity contribution in [3.63, 3.8) is 0 Å². The number of aliphatic hydroxyl groups excluding tert-OH is 1. The molecule has 2 aromatic heterocycles. The minimum Gasteiger partial charge on any atom is -0.397 e. The first-order valence-corrected chi connectivity index (χ1v) is 11.0. The number of carbonyl (C=O) groups is 1. The molecule has 0 bridgehead atoms. The van der Waals surface area contributed by atoms with E-state index in [9.17, 15) is 9.90 Å². The number of piperazine rings is 1. The van der Waals surface area contributed by atoms with Crippen molar-refractivity contribution in [1.82, 2.24) is 15.6 Å². The van der Waals surface area contributed by atoms with Gasteiger partial charge >= 0.3 is 0 Å². The normalized spacial score (nSPS) is 16.7. The number of nitrogens with two attached hydrogens (primary N) is 1. The summed E-state index contributed by atoms with van der Waals surface area (Å²) in [5.41, 5.74) is 9.89. The summed E-state index contributed by atoms with van der Waals surface area (Å²) in [6.45, 7) is 5.21. The van der Waals surface area contributed by atoms with E-state index < -0.39 is 0 Å². The highest BCUT2D eigenvalue weighted by atomic mass is 32.1. The number of benzene rings is 1. The van der Waals surface area contributed by atoms with Crippen LogP contribution in [0.2, 0.25) is 0 Å². The summed E-state index contributed by atoms with van der Waals surface area (Å²) in [4.78, 5) is 20.6. The average Bonchev–Trinajstić information content (AvgIpc) is 3.10. The first kappa shape index (κ1) is 20.6. The van der Waals surface area contributed by atoms with Crippen LogP contribution in [0.25, 0.3) is 10.2 Å². The molecule has 0 saturated carbocycles. The van der Waals surface area contributed by atoms with E-state index in [1.54, 1.807) is 0 Å². The molecule has 1 aliphatic rings. The number of nitrogen functional groups attached to an aromatic ring is 1. The number of hydrogen-bond acceptors (Lipinski definition) is 7. The van der Waals surface area contributed by atoms with Gasteiger partial charge in [-0.3, -0.25) is 4.79 Å². The number of thiophene rings is 1. The SMILES string of the molecule is Cc1ccc2c(N)c(C(=O)NCCc3ccc(N4CCN[C@@H](CO)C4)cc3)sc2n1. The zero-order valence-electron chi connectivity index (χ0n) is 17.0. The van der Waals surface area contributed by atoms with E-state index in [0.717, 1.165) is 53.2 Å². The summed E-state index contributed by atoms with van der Waals surface area (Å²) in [6, 6.07) is 12.3. The summed E-state index contributed by atoms with van der Waals surface area (Å²) in [5.74, 6) is -0.152. The third-order valence-electron chi connectivity index (χ3n) is 5.42. The molecule has 1 fully saturated rings. The fourth-order valence-electron chi connectivity index (χ4n) is 3.71. The number of aromatic nitrogens is 1. The second kappa shape index (κ2) is 8.99. The zero-order chi connectivity index (χ0) is 21.1. The van der Waals surface area contributed by atoms with Crippen molar-refractivity contribution >= 4 is 38.8 Å². The highest BCUT2D eigenvalue weighted by Gasteiger charge is 2.19. The van der Waals surface area contributed by atoms with Gasteiger partial charge in [0.15, 0.2) is 0 Å². The van der Waals surface area contributed by atoms with Crippen molar-refractivity contribution in [2.24, 2.45) is 0 Å². The zero-order valence-corrected chi connectivity index (χ0v) is 17.8. The van der Waals surface area contributed by atoms with Crippen LogP contribution in [0.4, 0.5) is 11.4 Å². The van der Waals surface area contributed by atoms with Gasteiger partial charge in [0.2, 0.25) is 0 Å². The summed E-state index contributed by atoms with van der Waals surface area (Å²) in [6.07, 6.45) is 0.745. The van der Waals surface area contributed by atoms with Crippen molar-refractivity contribution in [1.29, 1.82) is 0 Å². The molecule has 7 nitrogen and oxygen atoms in total. The van der Waals surface area contributed by atoms with Crippen LogP contribution in [-0.2, 0) is 6.42 Å². The van der Waals surface area contributed by atoms with Crippen LogP contribution in [0, 0.1) is 6.92 Å². The molecule has 3 aromatic rings. The van der Waals surface area contributed by atoms with E-state index in [1.165, 1.54) is 11.3 Å². The fourth-order valence-corrected chi connectivity index (χ4v) is 4.77. The molecule has 0 unspecified atom stereocenters. The predicted octanol–water partition coefficient (Wildman–Crippen LogP) is 1.93. The van der Waals surface area contributed by atoms with Gasteiger partial charge in [0.25, 0.3) is 5.91 Å². The van der Waals surface area contributed by atoms with Crippen LogP contribution in [-0.4, -0.2) is 54.8 Å².